The molecule has 0 radical (unpaired) electrons. The van der Waals surface area contributed by atoms with Gasteiger partial charge in [-0.25, -0.2) is 9.67 Å². The first-order valence-electron chi connectivity index (χ1n) is 8.67. The van der Waals surface area contributed by atoms with E-state index in [1.54, 1.807) is 12.7 Å². The monoisotopic (exact) mass is 329 g/mol. The molecule has 6 heteroatoms. The van der Waals surface area contributed by atoms with Crippen LogP contribution in [0, 0.1) is 0 Å². The minimum Gasteiger partial charge on any atom is -0.390 e. The molecule has 1 unspecified atom stereocenters. The van der Waals surface area contributed by atoms with Gasteiger partial charge < -0.3 is 10.0 Å². The fourth-order valence-electron chi connectivity index (χ4n) is 3.45. The number of aromatic nitrogens is 3. The number of piperidine rings is 1. The zero-order valence-corrected chi connectivity index (χ0v) is 14.3. The SMILES string of the molecule is CN(Cc1ccccc1)CC(O)CN1CCC(n2cncn2)CC1. The van der Waals surface area contributed by atoms with Crippen LogP contribution in [0.25, 0.3) is 0 Å². The third-order valence-corrected chi connectivity index (χ3v) is 4.65. The van der Waals surface area contributed by atoms with Crippen molar-refractivity contribution in [2.75, 3.05) is 33.2 Å². The van der Waals surface area contributed by atoms with Crippen molar-refractivity contribution in [1.29, 1.82) is 0 Å². The lowest BCUT2D eigenvalue weighted by Crippen LogP contribution is -2.42. The van der Waals surface area contributed by atoms with Crippen LogP contribution in [0.5, 0.6) is 0 Å². The number of likely N-dealkylation sites (tertiary alicyclic amines) is 1. The molecule has 130 valence electrons. The molecule has 0 aliphatic carbocycles. The largest absolute Gasteiger partial charge is 0.390 e. The number of nitrogens with zero attached hydrogens (tertiary/aromatic N) is 5. The highest BCUT2D eigenvalue weighted by Crippen LogP contribution is 2.21. The second-order valence-electron chi connectivity index (χ2n) is 6.74. The van der Waals surface area contributed by atoms with Crippen LogP contribution in [0.4, 0.5) is 0 Å². The summed E-state index contributed by atoms with van der Waals surface area (Å²) in [5, 5.41) is 14.6. The number of aliphatic hydroxyl groups excluding tert-OH is 1. The van der Waals surface area contributed by atoms with Gasteiger partial charge in [-0.15, -0.1) is 0 Å². The average Bonchev–Trinajstić information content (AvgIpc) is 3.10. The summed E-state index contributed by atoms with van der Waals surface area (Å²) in [6, 6.07) is 10.8. The zero-order chi connectivity index (χ0) is 16.8. The predicted molar refractivity (Wildman–Crippen MR) is 93.5 cm³/mol. The average molecular weight is 329 g/mol. The van der Waals surface area contributed by atoms with Crippen molar-refractivity contribution < 1.29 is 5.11 Å². The summed E-state index contributed by atoms with van der Waals surface area (Å²) >= 11 is 0. The van der Waals surface area contributed by atoms with Gasteiger partial charge in [0.25, 0.3) is 0 Å². The van der Waals surface area contributed by atoms with E-state index in [2.05, 4.69) is 51.2 Å². The Bertz CT molecular complexity index is 581. The fraction of sp³-hybridized carbons (Fsp3) is 0.556. The summed E-state index contributed by atoms with van der Waals surface area (Å²) in [5.41, 5.74) is 1.28. The van der Waals surface area contributed by atoms with Crippen molar-refractivity contribution in [3.8, 4) is 0 Å². The van der Waals surface area contributed by atoms with E-state index in [-0.39, 0.29) is 6.10 Å². The highest BCUT2D eigenvalue weighted by atomic mass is 16.3. The van der Waals surface area contributed by atoms with Crippen LogP contribution in [-0.4, -0.2) is 69.0 Å². The summed E-state index contributed by atoms with van der Waals surface area (Å²) in [5.74, 6) is 0. The van der Waals surface area contributed by atoms with E-state index < -0.39 is 0 Å². The van der Waals surface area contributed by atoms with E-state index in [9.17, 15) is 5.11 Å². The molecule has 1 aromatic heterocycles. The van der Waals surface area contributed by atoms with Crippen LogP contribution in [0.3, 0.4) is 0 Å². The van der Waals surface area contributed by atoms with Crippen LogP contribution in [0.2, 0.25) is 0 Å². The summed E-state index contributed by atoms with van der Waals surface area (Å²) in [4.78, 5) is 8.56. The van der Waals surface area contributed by atoms with Crippen molar-refractivity contribution in [3.63, 3.8) is 0 Å². The van der Waals surface area contributed by atoms with E-state index in [0.717, 1.165) is 39.0 Å². The lowest BCUT2D eigenvalue weighted by atomic mass is 10.0. The predicted octanol–water partition coefficient (Wildman–Crippen LogP) is 1.41. The standard InChI is InChI=1S/C18H27N5O/c1-21(11-16-5-3-2-4-6-16)12-18(24)13-22-9-7-17(8-10-22)23-15-19-14-20-23/h2-6,14-15,17-18,24H,7-13H2,1H3. The first kappa shape index (κ1) is 17.1. The van der Waals surface area contributed by atoms with Gasteiger partial charge in [0.15, 0.2) is 0 Å². The molecule has 2 heterocycles. The first-order valence-corrected chi connectivity index (χ1v) is 8.67. The summed E-state index contributed by atoms with van der Waals surface area (Å²) < 4.78 is 1.96. The molecular weight excluding hydrogens is 302 g/mol. The molecule has 1 N–H and O–H groups in total. The number of β-amino-alcohol motifs (C(OH)–C–C–N with tert-alkyl or cyclic N) is 1. The molecule has 3 rings (SSSR count). The second-order valence-corrected chi connectivity index (χ2v) is 6.74. The van der Waals surface area contributed by atoms with Crippen molar-refractivity contribution in [3.05, 3.63) is 48.5 Å². The Balaban J connectivity index is 1.38. The smallest absolute Gasteiger partial charge is 0.137 e. The Morgan fingerprint density at radius 1 is 1.25 bits per heavy atom. The van der Waals surface area contributed by atoms with Crippen molar-refractivity contribution >= 4 is 0 Å². The van der Waals surface area contributed by atoms with Gasteiger partial charge >= 0.3 is 0 Å². The van der Waals surface area contributed by atoms with Crippen molar-refractivity contribution in [1.82, 2.24) is 24.6 Å². The van der Waals surface area contributed by atoms with Gasteiger partial charge in [-0.1, -0.05) is 30.3 Å². The van der Waals surface area contributed by atoms with Gasteiger partial charge in [0, 0.05) is 32.7 Å². The molecular formula is C18H27N5O. The second kappa shape index (κ2) is 8.37. The van der Waals surface area contributed by atoms with Crippen molar-refractivity contribution in [2.24, 2.45) is 0 Å². The van der Waals surface area contributed by atoms with Gasteiger partial charge in [-0.3, -0.25) is 4.90 Å². The van der Waals surface area contributed by atoms with E-state index >= 15 is 0 Å². The lowest BCUT2D eigenvalue weighted by molar-refractivity contribution is 0.0647. The molecule has 6 nitrogen and oxygen atoms in total. The highest BCUT2D eigenvalue weighted by Gasteiger charge is 2.22. The fourth-order valence-corrected chi connectivity index (χ4v) is 3.45. The number of likely N-dealkylation sites (N-methyl/N-ethyl adjacent to an activating group) is 1. The third kappa shape index (κ3) is 4.87. The van der Waals surface area contributed by atoms with E-state index in [0.29, 0.717) is 12.6 Å². The molecule has 1 saturated heterocycles. The van der Waals surface area contributed by atoms with Crippen molar-refractivity contribution in [2.45, 2.75) is 31.5 Å². The topological polar surface area (TPSA) is 57.4 Å². The minimum atomic E-state index is -0.318. The third-order valence-electron chi connectivity index (χ3n) is 4.65. The van der Waals surface area contributed by atoms with Crippen LogP contribution >= 0.6 is 0 Å². The van der Waals surface area contributed by atoms with Crippen LogP contribution in [0.1, 0.15) is 24.4 Å². The Kier molecular flexibility index (Phi) is 5.96. The summed E-state index contributed by atoms with van der Waals surface area (Å²) in [7, 11) is 2.06. The molecule has 0 bridgehead atoms. The Morgan fingerprint density at radius 2 is 2.00 bits per heavy atom. The highest BCUT2D eigenvalue weighted by molar-refractivity contribution is 5.14. The van der Waals surface area contributed by atoms with Crippen LogP contribution < -0.4 is 0 Å². The molecule has 1 atom stereocenters. The van der Waals surface area contributed by atoms with E-state index in [1.165, 1.54) is 5.56 Å². The van der Waals surface area contributed by atoms with Crippen LogP contribution in [-0.2, 0) is 6.54 Å². The van der Waals surface area contributed by atoms with E-state index in [4.69, 9.17) is 0 Å². The lowest BCUT2D eigenvalue weighted by Gasteiger charge is -2.33. The molecule has 0 spiro atoms. The molecule has 1 aromatic carbocycles. The molecule has 1 fully saturated rings. The number of hydrogen-bond donors (Lipinski definition) is 1. The Hall–Kier alpha value is -1.76. The number of rotatable bonds is 7. The summed E-state index contributed by atoms with van der Waals surface area (Å²) in [6.45, 7) is 4.31. The van der Waals surface area contributed by atoms with Gasteiger partial charge in [0.1, 0.15) is 12.7 Å². The number of aliphatic hydroxyl groups is 1. The first-order chi connectivity index (χ1) is 11.7. The molecule has 0 saturated carbocycles. The molecule has 2 aromatic rings. The van der Waals surface area contributed by atoms with Crippen LogP contribution in [0.15, 0.2) is 43.0 Å². The maximum Gasteiger partial charge on any atom is 0.137 e. The molecule has 1 aliphatic rings. The Morgan fingerprint density at radius 3 is 2.67 bits per heavy atom. The number of benzene rings is 1. The maximum absolute atomic E-state index is 10.4. The maximum atomic E-state index is 10.4. The van der Waals surface area contributed by atoms with Gasteiger partial charge in [-0.05, 0) is 25.5 Å². The van der Waals surface area contributed by atoms with Gasteiger partial charge in [-0.2, -0.15) is 5.10 Å². The van der Waals surface area contributed by atoms with E-state index in [1.807, 2.05) is 10.7 Å². The zero-order valence-electron chi connectivity index (χ0n) is 14.3. The quantitative estimate of drug-likeness (QED) is 0.832. The van der Waals surface area contributed by atoms with Gasteiger partial charge in [0.2, 0.25) is 0 Å². The molecule has 0 amide bonds. The number of hydrogen-bond acceptors (Lipinski definition) is 5. The summed E-state index contributed by atoms with van der Waals surface area (Å²) in [6.07, 6.45) is 5.21. The molecule has 24 heavy (non-hydrogen) atoms. The Labute approximate surface area is 143 Å². The normalized spacial score (nSPS) is 18.1. The van der Waals surface area contributed by atoms with Gasteiger partial charge in [0.05, 0.1) is 12.1 Å². The minimum absolute atomic E-state index is 0.318. The molecule has 1 aliphatic heterocycles.